The molecular weight excluding hydrogens is 334 g/mol. The minimum absolute atomic E-state index is 0.130. The third-order valence-electron chi connectivity index (χ3n) is 6.03. The molecule has 0 amide bonds. The van der Waals surface area contributed by atoms with Crippen molar-refractivity contribution in [1.29, 1.82) is 0 Å². The molecular formula is C23H33N3O. The topological polar surface area (TPSA) is 38.7 Å². The van der Waals surface area contributed by atoms with Crippen LogP contribution in [0.2, 0.25) is 0 Å². The van der Waals surface area contributed by atoms with Gasteiger partial charge in [0, 0.05) is 63.5 Å². The van der Waals surface area contributed by atoms with E-state index < -0.39 is 0 Å². The van der Waals surface area contributed by atoms with Crippen LogP contribution in [0.15, 0.2) is 48.5 Å². The van der Waals surface area contributed by atoms with Gasteiger partial charge in [0.25, 0.3) is 0 Å². The Morgan fingerprint density at radius 1 is 0.667 bits per heavy atom. The zero-order valence-electron chi connectivity index (χ0n) is 17.3. The summed E-state index contributed by atoms with van der Waals surface area (Å²) in [7, 11) is 8.20. The van der Waals surface area contributed by atoms with E-state index in [0.29, 0.717) is 0 Å². The van der Waals surface area contributed by atoms with Gasteiger partial charge < -0.3 is 20.2 Å². The number of piperidine rings is 1. The molecule has 4 atom stereocenters. The first kappa shape index (κ1) is 19.7. The van der Waals surface area contributed by atoms with E-state index in [-0.39, 0.29) is 30.0 Å². The first-order valence-electron chi connectivity index (χ1n) is 9.78. The summed E-state index contributed by atoms with van der Waals surface area (Å²) >= 11 is 0. The van der Waals surface area contributed by atoms with Crippen molar-refractivity contribution in [3.63, 3.8) is 0 Å². The van der Waals surface area contributed by atoms with Crippen molar-refractivity contribution in [3.05, 3.63) is 59.7 Å². The van der Waals surface area contributed by atoms with Gasteiger partial charge in [-0.15, -0.1) is 0 Å². The van der Waals surface area contributed by atoms with Crippen molar-refractivity contribution < 1.29 is 5.11 Å². The number of aliphatic hydroxyl groups is 1. The van der Waals surface area contributed by atoms with E-state index in [1.165, 1.54) is 22.5 Å². The average molecular weight is 368 g/mol. The molecule has 0 bridgehead atoms. The van der Waals surface area contributed by atoms with E-state index in [9.17, 15) is 5.11 Å². The van der Waals surface area contributed by atoms with Gasteiger partial charge in [0.1, 0.15) is 0 Å². The fourth-order valence-corrected chi connectivity index (χ4v) is 4.13. The Kier molecular flexibility index (Phi) is 5.78. The van der Waals surface area contributed by atoms with Gasteiger partial charge in [-0.25, -0.2) is 0 Å². The quantitative estimate of drug-likeness (QED) is 0.861. The first-order chi connectivity index (χ1) is 12.8. The second kappa shape index (κ2) is 7.91. The number of benzene rings is 2. The van der Waals surface area contributed by atoms with Crippen LogP contribution in [-0.2, 0) is 0 Å². The van der Waals surface area contributed by atoms with Crippen LogP contribution >= 0.6 is 0 Å². The van der Waals surface area contributed by atoms with Crippen LogP contribution in [0.5, 0.6) is 0 Å². The Labute approximate surface area is 163 Å². The monoisotopic (exact) mass is 367 g/mol. The lowest BCUT2D eigenvalue weighted by Crippen LogP contribution is -2.48. The molecule has 0 saturated carbocycles. The van der Waals surface area contributed by atoms with Gasteiger partial charge in [0.2, 0.25) is 0 Å². The third kappa shape index (κ3) is 3.97. The maximum atomic E-state index is 10.9. The predicted octanol–water partition coefficient (Wildman–Crippen LogP) is 3.84. The maximum Gasteiger partial charge on any atom is 0.0627 e. The lowest BCUT2D eigenvalue weighted by molar-refractivity contribution is -0.00676. The molecule has 1 saturated heterocycles. The molecule has 0 unspecified atom stereocenters. The smallest absolute Gasteiger partial charge is 0.0627 e. The summed E-state index contributed by atoms with van der Waals surface area (Å²) in [5.74, 6) is 0.310. The highest BCUT2D eigenvalue weighted by Gasteiger charge is 2.40. The molecule has 1 aliphatic rings. The molecule has 0 spiro atoms. The summed E-state index contributed by atoms with van der Waals surface area (Å²) in [6, 6.07) is 17.6. The minimum Gasteiger partial charge on any atom is -0.392 e. The predicted molar refractivity (Wildman–Crippen MR) is 114 cm³/mol. The number of hydrogen-bond acceptors (Lipinski definition) is 4. The van der Waals surface area contributed by atoms with Crippen LogP contribution < -0.4 is 15.1 Å². The van der Waals surface area contributed by atoms with Crippen molar-refractivity contribution in [1.82, 2.24) is 5.32 Å². The molecule has 2 aromatic rings. The molecule has 146 valence electrons. The molecule has 1 aliphatic heterocycles. The summed E-state index contributed by atoms with van der Waals surface area (Å²) in [6.45, 7) is 4.29. The molecule has 2 aromatic carbocycles. The lowest BCUT2D eigenvalue weighted by Gasteiger charge is -2.44. The number of rotatable bonds is 4. The fraction of sp³-hybridized carbons (Fsp3) is 0.478. The van der Waals surface area contributed by atoms with Gasteiger partial charge in [-0.05, 0) is 35.4 Å². The molecule has 0 aromatic heterocycles. The van der Waals surface area contributed by atoms with Gasteiger partial charge >= 0.3 is 0 Å². The van der Waals surface area contributed by atoms with E-state index in [0.717, 1.165) is 0 Å². The number of nitrogens with one attached hydrogen (secondary N) is 1. The standard InChI is InChI=1S/C23H33N3O/c1-15-21(17-7-11-19(12-8-17)25(3)4)24-22(16(2)23(15)27)18-9-13-20(14-10-18)26(5)6/h7-16,21-24,27H,1-6H3/t15-,16-,21-,22-/m1/s1. The molecule has 0 aliphatic carbocycles. The zero-order valence-corrected chi connectivity index (χ0v) is 17.3. The summed E-state index contributed by atoms with van der Waals surface area (Å²) in [5.41, 5.74) is 4.84. The summed E-state index contributed by atoms with van der Waals surface area (Å²) in [5, 5.41) is 14.8. The summed E-state index contributed by atoms with van der Waals surface area (Å²) in [6.07, 6.45) is -0.344. The molecule has 4 heteroatoms. The van der Waals surface area contributed by atoms with E-state index in [1.54, 1.807) is 0 Å². The SMILES string of the molecule is C[C@H]1C(O)[C@H](C)[C@H](c2ccc(N(C)C)cc2)N[C@H]1c1ccc(N(C)C)cc1. The summed E-state index contributed by atoms with van der Waals surface area (Å²) in [4.78, 5) is 4.21. The average Bonchev–Trinajstić information content (AvgIpc) is 2.66. The Morgan fingerprint density at radius 3 is 1.30 bits per heavy atom. The Morgan fingerprint density at radius 2 is 1.00 bits per heavy atom. The molecule has 4 nitrogen and oxygen atoms in total. The zero-order chi connectivity index (χ0) is 19.7. The van der Waals surface area contributed by atoms with Crippen molar-refractivity contribution in [3.8, 4) is 0 Å². The van der Waals surface area contributed by atoms with Crippen molar-refractivity contribution in [2.45, 2.75) is 32.0 Å². The lowest BCUT2D eigenvalue weighted by atomic mass is 9.75. The highest BCUT2D eigenvalue weighted by Crippen LogP contribution is 2.41. The summed E-state index contributed by atoms with van der Waals surface area (Å²) < 4.78 is 0. The third-order valence-corrected chi connectivity index (χ3v) is 6.03. The number of nitrogens with zero attached hydrogens (tertiary/aromatic N) is 2. The second-order valence-electron chi connectivity index (χ2n) is 8.30. The Balaban J connectivity index is 1.87. The maximum absolute atomic E-state index is 10.9. The first-order valence-corrected chi connectivity index (χ1v) is 9.78. The molecule has 27 heavy (non-hydrogen) atoms. The van der Waals surface area contributed by atoms with Crippen LogP contribution in [0.25, 0.3) is 0 Å². The van der Waals surface area contributed by atoms with E-state index in [2.05, 4.69) is 106 Å². The van der Waals surface area contributed by atoms with Gasteiger partial charge in [-0.3, -0.25) is 0 Å². The molecule has 2 N–H and O–H groups in total. The number of hydrogen-bond donors (Lipinski definition) is 2. The van der Waals surface area contributed by atoms with Gasteiger partial charge in [0.15, 0.2) is 0 Å². The molecule has 1 fully saturated rings. The van der Waals surface area contributed by atoms with Crippen LogP contribution in [0.4, 0.5) is 11.4 Å². The normalized spacial score (nSPS) is 28.0. The molecule has 0 radical (unpaired) electrons. The second-order valence-corrected chi connectivity index (χ2v) is 8.30. The fourth-order valence-electron chi connectivity index (χ4n) is 4.13. The molecule has 3 rings (SSSR count). The van der Waals surface area contributed by atoms with Crippen LogP contribution in [0.3, 0.4) is 0 Å². The Hall–Kier alpha value is -2.04. The van der Waals surface area contributed by atoms with Gasteiger partial charge in [0.05, 0.1) is 6.10 Å². The number of anilines is 2. The minimum atomic E-state index is -0.344. The van der Waals surface area contributed by atoms with Gasteiger partial charge in [-0.1, -0.05) is 38.1 Å². The van der Waals surface area contributed by atoms with Gasteiger partial charge in [-0.2, -0.15) is 0 Å². The van der Waals surface area contributed by atoms with Crippen molar-refractivity contribution in [2.75, 3.05) is 38.0 Å². The highest BCUT2D eigenvalue weighted by atomic mass is 16.3. The molecule has 1 heterocycles. The van der Waals surface area contributed by atoms with Crippen LogP contribution in [0, 0.1) is 11.8 Å². The van der Waals surface area contributed by atoms with Crippen molar-refractivity contribution in [2.24, 2.45) is 11.8 Å². The van der Waals surface area contributed by atoms with Crippen LogP contribution in [-0.4, -0.2) is 39.4 Å². The van der Waals surface area contributed by atoms with Crippen LogP contribution in [0.1, 0.15) is 37.1 Å². The van der Waals surface area contributed by atoms with E-state index in [1.807, 2.05) is 0 Å². The number of aliphatic hydroxyl groups excluding tert-OH is 1. The highest BCUT2D eigenvalue weighted by molar-refractivity contribution is 5.48. The van der Waals surface area contributed by atoms with Crippen molar-refractivity contribution >= 4 is 11.4 Å². The largest absolute Gasteiger partial charge is 0.392 e. The van der Waals surface area contributed by atoms with E-state index in [4.69, 9.17) is 0 Å². The van der Waals surface area contributed by atoms with E-state index >= 15 is 0 Å². The Bertz CT molecular complexity index is 676.